The fraction of sp³-hybridized carbons (Fsp3) is 0.0769. The molecule has 1 aromatic carbocycles. The number of anilines is 2. The number of nitrogens with zero attached hydrogens (tertiary/aromatic N) is 1. The van der Waals surface area contributed by atoms with Crippen LogP contribution in [0, 0.1) is 0 Å². The van der Waals surface area contributed by atoms with Crippen LogP contribution in [0.25, 0.3) is 0 Å². The lowest BCUT2D eigenvalue weighted by atomic mass is 10.2. The van der Waals surface area contributed by atoms with Crippen LogP contribution in [0.15, 0.2) is 41.0 Å². The molecule has 0 radical (unpaired) electrons. The molecule has 19 heavy (non-hydrogen) atoms. The van der Waals surface area contributed by atoms with Gasteiger partial charge in [-0.1, -0.05) is 11.6 Å². The van der Waals surface area contributed by atoms with Crippen molar-refractivity contribution in [3.8, 4) is 0 Å². The number of pyridine rings is 1. The van der Waals surface area contributed by atoms with E-state index in [9.17, 15) is 4.79 Å². The predicted octanol–water partition coefficient (Wildman–Crippen LogP) is 3.79. The number of aromatic nitrogens is 1. The van der Waals surface area contributed by atoms with Crippen molar-refractivity contribution in [3.05, 3.63) is 51.6 Å². The summed E-state index contributed by atoms with van der Waals surface area (Å²) >= 11 is 9.25. The fourth-order valence-corrected chi connectivity index (χ4v) is 1.98. The average molecular weight is 341 g/mol. The number of hydrogen-bond donors (Lipinski definition) is 2. The van der Waals surface area contributed by atoms with E-state index in [0.29, 0.717) is 22.1 Å². The molecule has 2 aromatic rings. The summed E-state index contributed by atoms with van der Waals surface area (Å²) in [5, 5.41) is 6.22. The highest BCUT2D eigenvalue weighted by molar-refractivity contribution is 9.10. The molecule has 0 aliphatic carbocycles. The maximum atomic E-state index is 12.0. The summed E-state index contributed by atoms with van der Waals surface area (Å²) in [6.07, 6.45) is 1.51. The Morgan fingerprint density at radius 2 is 2.11 bits per heavy atom. The number of amides is 1. The van der Waals surface area contributed by atoms with E-state index in [2.05, 4.69) is 31.5 Å². The van der Waals surface area contributed by atoms with E-state index in [4.69, 9.17) is 11.6 Å². The van der Waals surface area contributed by atoms with Crippen molar-refractivity contribution >= 4 is 44.9 Å². The normalized spacial score (nSPS) is 10.1. The van der Waals surface area contributed by atoms with Crippen LogP contribution in [0.2, 0.25) is 5.02 Å². The van der Waals surface area contributed by atoms with Gasteiger partial charge in [0.15, 0.2) is 0 Å². The molecule has 0 aliphatic heterocycles. The Balaban J connectivity index is 2.18. The van der Waals surface area contributed by atoms with E-state index in [-0.39, 0.29) is 5.91 Å². The fourth-order valence-electron chi connectivity index (χ4n) is 1.46. The summed E-state index contributed by atoms with van der Waals surface area (Å²) in [6, 6.07) is 8.64. The first-order chi connectivity index (χ1) is 9.10. The number of carbonyl (C=O) groups is 1. The van der Waals surface area contributed by atoms with Gasteiger partial charge in [0, 0.05) is 22.7 Å². The lowest BCUT2D eigenvalue weighted by molar-refractivity contribution is 0.102. The number of hydrogen-bond acceptors (Lipinski definition) is 3. The Bertz CT molecular complexity index is 601. The average Bonchev–Trinajstić information content (AvgIpc) is 2.43. The summed E-state index contributed by atoms with van der Waals surface area (Å²) in [4.78, 5) is 16.1. The molecule has 0 bridgehead atoms. The summed E-state index contributed by atoms with van der Waals surface area (Å²) in [5.41, 5.74) is 1.10. The van der Waals surface area contributed by atoms with Gasteiger partial charge in [0.05, 0.1) is 11.3 Å². The standard InChI is InChI=1S/C13H11BrClN3O/c1-16-12-5-2-8(7-17-12)13(19)18-11-6-9(15)3-4-10(11)14/h2-7H,1H3,(H,16,17)(H,18,19). The topological polar surface area (TPSA) is 54.0 Å². The Hall–Kier alpha value is -1.59. The molecule has 4 nitrogen and oxygen atoms in total. The van der Waals surface area contributed by atoms with Crippen molar-refractivity contribution in [1.82, 2.24) is 4.98 Å². The second-order valence-corrected chi connectivity index (χ2v) is 5.05. The smallest absolute Gasteiger partial charge is 0.257 e. The van der Waals surface area contributed by atoms with Crippen molar-refractivity contribution in [2.75, 3.05) is 17.7 Å². The minimum absolute atomic E-state index is 0.238. The Morgan fingerprint density at radius 3 is 2.74 bits per heavy atom. The molecule has 1 heterocycles. The highest BCUT2D eigenvalue weighted by Crippen LogP contribution is 2.26. The van der Waals surface area contributed by atoms with Gasteiger partial charge in [0.25, 0.3) is 5.91 Å². The largest absolute Gasteiger partial charge is 0.373 e. The Kier molecular flexibility index (Phi) is 4.39. The monoisotopic (exact) mass is 339 g/mol. The zero-order chi connectivity index (χ0) is 13.8. The van der Waals surface area contributed by atoms with Crippen molar-refractivity contribution in [2.24, 2.45) is 0 Å². The van der Waals surface area contributed by atoms with Crippen molar-refractivity contribution < 1.29 is 4.79 Å². The highest BCUT2D eigenvalue weighted by Gasteiger charge is 2.09. The van der Waals surface area contributed by atoms with Crippen molar-refractivity contribution in [3.63, 3.8) is 0 Å². The SMILES string of the molecule is CNc1ccc(C(=O)Nc2cc(Cl)ccc2Br)cn1. The molecule has 2 rings (SSSR count). The molecule has 0 atom stereocenters. The van der Waals surface area contributed by atoms with E-state index in [1.807, 2.05) is 0 Å². The van der Waals surface area contributed by atoms with Crippen LogP contribution < -0.4 is 10.6 Å². The van der Waals surface area contributed by atoms with Gasteiger partial charge in [-0.15, -0.1) is 0 Å². The highest BCUT2D eigenvalue weighted by atomic mass is 79.9. The van der Waals surface area contributed by atoms with Crippen LogP contribution in [0.1, 0.15) is 10.4 Å². The van der Waals surface area contributed by atoms with Crippen LogP contribution in [0.5, 0.6) is 0 Å². The van der Waals surface area contributed by atoms with Gasteiger partial charge >= 0.3 is 0 Å². The molecule has 2 N–H and O–H groups in total. The van der Waals surface area contributed by atoms with Gasteiger partial charge in [0.2, 0.25) is 0 Å². The first-order valence-corrected chi connectivity index (χ1v) is 6.67. The third-order valence-corrected chi connectivity index (χ3v) is 3.39. The lowest BCUT2D eigenvalue weighted by Gasteiger charge is -2.08. The van der Waals surface area contributed by atoms with Gasteiger partial charge in [-0.05, 0) is 46.3 Å². The molecule has 1 amide bonds. The Labute approximate surface area is 124 Å². The van der Waals surface area contributed by atoms with E-state index in [1.54, 1.807) is 37.4 Å². The van der Waals surface area contributed by atoms with E-state index < -0.39 is 0 Å². The van der Waals surface area contributed by atoms with Crippen LogP contribution >= 0.6 is 27.5 Å². The molecule has 0 saturated heterocycles. The summed E-state index contributed by atoms with van der Waals surface area (Å²) in [6.45, 7) is 0. The minimum Gasteiger partial charge on any atom is -0.373 e. The third-order valence-electron chi connectivity index (χ3n) is 2.46. The summed E-state index contributed by atoms with van der Waals surface area (Å²) in [5.74, 6) is 0.471. The van der Waals surface area contributed by atoms with Gasteiger partial charge < -0.3 is 10.6 Å². The number of benzene rings is 1. The summed E-state index contributed by atoms with van der Waals surface area (Å²) in [7, 11) is 1.77. The molecule has 6 heteroatoms. The molecule has 98 valence electrons. The molecule has 0 aliphatic rings. The van der Waals surface area contributed by atoms with Crippen LogP contribution in [-0.2, 0) is 0 Å². The van der Waals surface area contributed by atoms with E-state index in [1.165, 1.54) is 6.20 Å². The second-order valence-electron chi connectivity index (χ2n) is 3.76. The molecular weight excluding hydrogens is 330 g/mol. The number of rotatable bonds is 3. The number of nitrogens with one attached hydrogen (secondary N) is 2. The van der Waals surface area contributed by atoms with Crippen LogP contribution in [0.4, 0.5) is 11.5 Å². The molecule has 0 saturated carbocycles. The maximum absolute atomic E-state index is 12.0. The zero-order valence-electron chi connectivity index (χ0n) is 10.1. The molecule has 0 unspecified atom stereocenters. The van der Waals surface area contributed by atoms with E-state index >= 15 is 0 Å². The zero-order valence-corrected chi connectivity index (χ0v) is 12.4. The summed E-state index contributed by atoms with van der Waals surface area (Å²) < 4.78 is 0.769. The van der Waals surface area contributed by atoms with Gasteiger partial charge in [0.1, 0.15) is 5.82 Å². The van der Waals surface area contributed by atoms with E-state index in [0.717, 1.165) is 4.47 Å². The van der Waals surface area contributed by atoms with Gasteiger partial charge in [-0.2, -0.15) is 0 Å². The molecular formula is C13H11BrClN3O. The Morgan fingerprint density at radius 1 is 1.32 bits per heavy atom. The molecule has 1 aromatic heterocycles. The maximum Gasteiger partial charge on any atom is 0.257 e. The van der Waals surface area contributed by atoms with Crippen molar-refractivity contribution in [2.45, 2.75) is 0 Å². The number of carbonyl (C=O) groups excluding carboxylic acids is 1. The third kappa shape index (κ3) is 3.45. The second kappa shape index (κ2) is 6.04. The first-order valence-electron chi connectivity index (χ1n) is 5.50. The molecule has 0 fully saturated rings. The molecule has 0 spiro atoms. The number of halogens is 2. The lowest BCUT2D eigenvalue weighted by Crippen LogP contribution is -2.12. The predicted molar refractivity (Wildman–Crippen MR) is 80.9 cm³/mol. The van der Waals surface area contributed by atoms with Gasteiger partial charge in [-0.3, -0.25) is 4.79 Å². The first kappa shape index (κ1) is 13.8. The van der Waals surface area contributed by atoms with Crippen LogP contribution in [-0.4, -0.2) is 17.9 Å². The quantitative estimate of drug-likeness (QED) is 0.894. The van der Waals surface area contributed by atoms with Crippen LogP contribution in [0.3, 0.4) is 0 Å². The van der Waals surface area contributed by atoms with Crippen molar-refractivity contribution in [1.29, 1.82) is 0 Å². The minimum atomic E-state index is -0.238. The van der Waals surface area contributed by atoms with Gasteiger partial charge in [-0.25, -0.2) is 4.98 Å².